The van der Waals surface area contributed by atoms with Gasteiger partial charge in [0.2, 0.25) is 0 Å². The summed E-state index contributed by atoms with van der Waals surface area (Å²) in [5.41, 5.74) is 8.50. The molecule has 4 aromatic carbocycles. The zero-order chi connectivity index (χ0) is 26.2. The number of H-pyrrole nitrogens is 1. The Morgan fingerprint density at radius 3 is 2.64 bits per heavy atom. The lowest BCUT2D eigenvalue weighted by molar-refractivity contribution is 0.318. The van der Waals surface area contributed by atoms with Gasteiger partial charge in [-0.3, -0.25) is 0 Å². The van der Waals surface area contributed by atoms with E-state index in [0.717, 1.165) is 61.9 Å². The molecule has 6 aromatic rings. The summed E-state index contributed by atoms with van der Waals surface area (Å²) in [6.07, 6.45) is 2.00. The van der Waals surface area contributed by atoms with Crippen molar-refractivity contribution in [2.75, 3.05) is 11.9 Å². The molecule has 3 heterocycles. The van der Waals surface area contributed by atoms with E-state index in [1.54, 1.807) is 11.3 Å². The molecule has 7 rings (SSSR count). The quantitative estimate of drug-likeness (QED) is 0.240. The minimum Gasteiger partial charge on any atom is -0.491 e. The Hall–Kier alpha value is -4.56. The van der Waals surface area contributed by atoms with Gasteiger partial charge in [0.1, 0.15) is 5.75 Å². The van der Waals surface area contributed by atoms with Gasteiger partial charge >= 0.3 is 0 Å². The zero-order valence-corrected chi connectivity index (χ0v) is 22.2. The number of hydrogen-bond donors (Lipinski definition) is 2. The molecule has 1 atom stereocenters. The molecule has 2 N–H and O–H groups in total. The summed E-state index contributed by atoms with van der Waals surface area (Å²) in [6.45, 7) is 2.72. The molecule has 0 bridgehead atoms. The summed E-state index contributed by atoms with van der Waals surface area (Å²) in [4.78, 5) is 4.62. The van der Waals surface area contributed by atoms with E-state index in [4.69, 9.17) is 4.74 Å². The molecular weight excluding hydrogens is 504 g/mol. The smallest absolute Gasteiger partial charge is 0.180 e. The lowest BCUT2D eigenvalue weighted by Crippen LogP contribution is -2.04. The fourth-order valence-electron chi connectivity index (χ4n) is 5.46. The van der Waals surface area contributed by atoms with Crippen LogP contribution < -0.4 is 10.1 Å². The van der Waals surface area contributed by atoms with E-state index in [-0.39, 0.29) is 5.92 Å². The van der Waals surface area contributed by atoms with Crippen LogP contribution in [0.25, 0.3) is 32.7 Å². The number of aromatic nitrogens is 5. The topological polar surface area (TPSA) is 88.6 Å². The second-order valence-corrected chi connectivity index (χ2v) is 11.0. The molecule has 0 spiro atoms. The molecule has 1 unspecified atom stereocenters. The molecule has 0 fully saturated rings. The van der Waals surface area contributed by atoms with Crippen molar-refractivity contribution in [1.82, 2.24) is 25.6 Å². The number of tetrazole rings is 1. The Morgan fingerprint density at radius 2 is 1.79 bits per heavy atom. The highest BCUT2D eigenvalue weighted by Crippen LogP contribution is 2.46. The molecule has 7 nitrogen and oxygen atoms in total. The van der Waals surface area contributed by atoms with E-state index in [2.05, 4.69) is 97.7 Å². The number of ether oxygens (including phenoxy) is 1. The highest BCUT2D eigenvalue weighted by molar-refractivity contribution is 7.18. The number of nitrogens with zero attached hydrogens (tertiary/aromatic N) is 4. The molecule has 1 aliphatic rings. The maximum Gasteiger partial charge on any atom is 0.180 e. The van der Waals surface area contributed by atoms with Gasteiger partial charge in [-0.15, -0.1) is 16.4 Å². The van der Waals surface area contributed by atoms with Crippen LogP contribution in [0, 0.1) is 6.92 Å². The highest BCUT2D eigenvalue weighted by atomic mass is 32.1. The van der Waals surface area contributed by atoms with Gasteiger partial charge < -0.3 is 10.1 Å². The predicted molar refractivity (Wildman–Crippen MR) is 156 cm³/mol. The Kier molecular flexibility index (Phi) is 6.01. The summed E-state index contributed by atoms with van der Waals surface area (Å²) in [5, 5.41) is 19.5. The zero-order valence-electron chi connectivity index (χ0n) is 21.4. The third kappa shape index (κ3) is 4.53. The molecule has 0 amide bonds. The van der Waals surface area contributed by atoms with E-state index >= 15 is 0 Å². The Bertz CT molecular complexity index is 1760. The lowest BCUT2D eigenvalue weighted by atomic mass is 9.85. The summed E-state index contributed by atoms with van der Waals surface area (Å²) in [6, 6.07) is 29.7. The van der Waals surface area contributed by atoms with Gasteiger partial charge in [-0.25, -0.2) is 10.1 Å². The molecule has 39 heavy (non-hydrogen) atoms. The second kappa shape index (κ2) is 9.96. The van der Waals surface area contributed by atoms with Crippen LogP contribution in [-0.4, -0.2) is 32.2 Å². The Labute approximate surface area is 229 Å². The lowest BCUT2D eigenvalue weighted by Gasteiger charge is -2.22. The number of fused-ring (bicyclic) bond motifs is 2. The minimum absolute atomic E-state index is 0.218. The fraction of sp³-hybridized carbons (Fsp3) is 0.161. The summed E-state index contributed by atoms with van der Waals surface area (Å²) < 4.78 is 7.64. The number of benzene rings is 4. The SMILES string of the molecule is Cc1nc2ccc(Nc3cc(-c4ccccc4-c4nnn[nH]4)cc4c3OCCCC4c3ccccc3)cc2s1. The Balaban J connectivity index is 1.42. The second-order valence-electron chi connectivity index (χ2n) is 9.73. The third-order valence-corrected chi connectivity index (χ3v) is 8.13. The first-order valence-electron chi connectivity index (χ1n) is 13.1. The number of nitrogens with one attached hydrogen (secondary N) is 2. The largest absolute Gasteiger partial charge is 0.491 e. The number of thiazole rings is 1. The molecule has 0 saturated carbocycles. The van der Waals surface area contributed by atoms with Gasteiger partial charge in [0.05, 0.1) is 27.5 Å². The molecule has 2 aromatic heterocycles. The molecule has 192 valence electrons. The highest BCUT2D eigenvalue weighted by Gasteiger charge is 2.26. The molecular formula is C31H26N6OS. The molecule has 1 aliphatic heterocycles. The average molecular weight is 531 g/mol. The van der Waals surface area contributed by atoms with Gasteiger partial charge in [-0.1, -0.05) is 54.6 Å². The van der Waals surface area contributed by atoms with E-state index in [1.165, 1.54) is 11.1 Å². The molecule has 0 aliphatic carbocycles. The number of rotatable bonds is 5. The first kappa shape index (κ1) is 23.5. The van der Waals surface area contributed by atoms with Crippen molar-refractivity contribution in [2.24, 2.45) is 0 Å². The maximum atomic E-state index is 6.48. The summed E-state index contributed by atoms with van der Waals surface area (Å²) in [7, 11) is 0. The van der Waals surface area contributed by atoms with Crippen LogP contribution in [0.2, 0.25) is 0 Å². The van der Waals surface area contributed by atoms with Crippen molar-refractivity contribution in [1.29, 1.82) is 0 Å². The third-order valence-electron chi connectivity index (χ3n) is 7.19. The molecule has 0 saturated heterocycles. The van der Waals surface area contributed by atoms with Crippen molar-refractivity contribution in [3.05, 3.63) is 101 Å². The number of aromatic amines is 1. The number of aryl methyl sites for hydroxylation is 1. The van der Waals surface area contributed by atoms with Crippen LogP contribution in [0.4, 0.5) is 11.4 Å². The Morgan fingerprint density at radius 1 is 0.949 bits per heavy atom. The van der Waals surface area contributed by atoms with Crippen molar-refractivity contribution in [2.45, 2.75) is 25.7 Å². The van der Waals surface area contributed by atoms with Crippen LogP contribution >= 0.6 is 11.3 Å². The van der Waals surface area contributed by atoms with Crippen LogP contribution in [0.5, 0.6) is 5.75 Å². The monoisotopic (exact) mass is 530 g/mol. The summed E-state index contributed by atoms with van der Waals surface area (Å²) in [5.74, 6) is 1.76. The van der Waals surface area contributed by atoms with Crippen molar-refractivity contribution in [3.63, 3.8) is 0 Å². The first-order chi connectivity index (χ1) is 19.2. The maximum absolute atomic E-state index is 6.48. The van der Waals surface area contributed by atoms with Crippen LogP contribution in [0.15, 0.2) is 84.9 Å². The fourth-order valence-corrected chi connectivity index (χ4v) is 6.32. The normalized spacial score (nSPS) is 14.9. The van der Waals surface area contributed by atoms with E-state index in [9.17, 15) is 0 Å². The van der Waals surface area contributed by atoms with Gasteiger partial charge in [0.15, 0.2) is 5.82 Å². The summed E-state index contributed by atoms with van der Waals surface area (Å²) >= 11 is 1.70. The number of hydrogen-bond acceptors (Lipinski definition) is 7. The first-order valence-corrected chi connectivity index (χ1v) is 13.9. The van der Waals surface area contributed by atoms with E-state index in [0.29, 0.717) is 12.4 Å². The van der Waals surface area contributed by atoms with Gasteiger partial charge in [-0.2, -0.15) is 0 Å². The standard InChI is InChI=1S/C31H26N6OS/c1-19-32-27-14-13-22(18-29(27)39-19)33-28-17-21(24-10-5-6-11-25(24)31-34-36-37-35-31)16-26-23(12-7-15-38-30(26)28)20-8-3-2-4-9-20/h2-6,8-11,13-14,16-18,23,33H,7,12,15H2,1H3,(H,34,35,36,37). The van der Waals surface area contributed by atoms with Crippen molar-refractivity contribution in [3.8, 4) is 28.3 Å². The minimum atomic E-state index is 0.218. The van der Waals surface area contributed by atoms with Crippen LogP contribution in [0.1, 0.15) is 34.9 Å². The van der Waals surface area contributed by atoms with Gasteiger partial charge in [0.25, 0.3) is 0 Å². The van der Waals surface area contributed by atoms with Crippen molar-refractivity contribution < 1.29 is 4.74 Å². The van der Waals surface area contributed by atoms with Gasteiger partial charge in [0, 0.05) is 22.7 Å². The van der Waals surface area contributed by atoms with Crippen LogP contribution in [0.3, 0.4) is 0 Å². The number of anilines is 2. The average Bonchev–Trinajstić information content (AvgIpc) is 3.58. The van der Waals surface area contributed by atoms with Gasteiger partial charge in [-0.05, 0) is 77.2 Å². The van der Waals surface area contributed by atoms with E-state index in [1.807, 2.05) is 25.1 Å². The molecule has 8 heteroatoms. The van der Waals surface area contributed by atoms with Crippen molar-refractivity contribution >= 4 is 32.9 Å². The predicted octanol–water partition coefficient (Wildman–Crippen LogP) is 7.50. The van der Waals surface area contributed by atoms with E-state index < -0.39 is 0 Å². The molecule has 0 radical (unpaired) electrons. The van der Waals surface area contributed by atoms with Crippen LogP contribution in [-0.2, 0) is 0 Å².